The monoisotopic (exact) mass is 306 g/mol. The van der Waals surface area contributed by atoms with E-state index in [9.17, 15) is 13.2 Å². The Balaban J connectivity index is 2.33. The predicted octanol–water partition coefficient (Wildman–Crippen LogP) is 0.591. The molecule has 1 saturated heterocycles. The lowest BCUT2D eigenvalue weighted by atomic mass is 9.95. The van der Waals surface area contributed by atoms with Gasteiger partial charge < -0.3 is 10.1 Å². The van der Waals surface area contributed by atoms with Crippen molar-refractivity contribution in [2.45, 2.75) is 32.1 Å². The maximum Gasteiger partial charge on any atom is 0.305 e. The van der Waals surface area contributed by atoms with Gasteiger partial charge in [-0.15, -0.1) is 0 Å². The molecule has 1 rings (SSSR count). The lowest BCUT2D eigenvalue weighted by Gasteiger charge is -2.31. The first-order valence-corrected chi connectivity index (χ1v) is 8.79. The minimum absolute atomic E-state index is 0.0310. The molecule has 0 unspecified atom stereocenters. The summed E-state index contributed by atoms with van der Waals surface area (Å²) in [5.74, 6) is 0.290. The molecule has 0 aromatic carbocycles. The van der Waals surface area contributed by atoms with Gasteiger partial charge in [-0.05, 0) is 45.2 Å². The van der Waals surface area contributed by atoms with E-state index in [1.165, 1.54) is 7.11 Å². The molecule has 1 aliphatic heterocycles. The normalized spacial score (nSPS) is 18.1. The predicted molar refractivity (Wildman–Crippen MR) is 77.9 cm³/mol. The van der Waals surface area contributed by atoms with Gasteiger partial charge in [0, 0.05) is 19.5 Å². The van der Waals surface area contributed by atoms with E-state index in [0.29, 0.717) is 25.4 Å². The van der Waals surface area contributed by atoms with E-state index >= 15 is 0 Å². The van der Waals surface area contributed by atoms with Crippen molar-refractivity contribution in [1.29, 1.82) is 0 Å². The number of carbonyl (C=O) groups is 1. The number of nitrogens with zero attached hydrogens (tertiary/aromatic N) is 1. The molecule has 0 amide bonds. The van der Waals surface area contributed by atoms with Crippen LogP contribution in [0, 0.1) is 5.92 Å². The third-order valence-electron chi connectivity index (χ3n) is 3.78. The van der Waals surface area contributed by atoms with E-state index in [1.54, 1.807) is 4.31 Å². The number of hydrogen-bond acceptors (Lipinski definition) is 5. The molecule has 0 aromatic rings. The van der Waals surface area contributed by atoms with Crippen LogP contribution in [0.1, 0.15) is 32.1 Å². The maximum atomic E-state index is 12.1. The minimum Gasteiger partial charge on any atom is -0.469 e. The van der Waals surface area contributed by atoms with E-state index in [2.05, 4.69) is 10.1 Å². The molecular formula is C13H26N2O4S. The average Bonchev–Trinajstić information content (AvgIpc) is 2.45. The summed E-state index contributed by atoms with van der Waals surface area (Å²) < 4.78 is 30.4. The van der Waals surface area contributed by atoms with Crippen LogP contribution in [0.5, 0.6) is 0 Å². The number of rotatable bonds is 8. The van der Waals surface area contributed by atoms with Gasteiger partial charge in [-0.3, -0.25) is 4.79 Å². The lowest BCUT2D eigenvalue weighted by molar-refractivity contribution is -0.140. The van der Waals surface area contributed by atoms with Crippen LogP contribution in [0.15, 0.2) is 0 Å². The number of ether oxygens (including phenoxy) is 1. The number of esters is 1. The molecule has 1 aliphatic rings. The summed E-state index contributed by atoms with van der Waals surface area (Å²) in [5.41, 5.74) is 0. The molecule has 118 valence electrons. The maximum absolute atomic E-state index is 12.1. The molecule has 6 nitrogen and oxygen atoms in total. The second-order valence-electron chi connectivity index (χ2n) is 5.23. The zero-order valence-electron chi connectivity index (χ0n) is 12.4. The van der Waals surface area contributed by atoms with E-state index in [1.807, 2.05) is 7.05 Å². The number of carbonyl (C=O) groups excluding carboxylic acids is 1. The van der Waals surface area contributed by atoms with E-state index in [-0.39, 0.29) is 18.1 Å². The fraction of sp³-hybridized carbons (Fsp3) is 0.923. The second kappa shape index (κ2) is 8.59. The second-order valence-corrected chi connectivity index (χ2v) is 7.32. The Hall–Kier alpha value is -0.660. The molecule has 1 N–H and O–H groups in total. The zero-order chi connectivity index (χ0) is 15.0. The van der Waals surface area contributed by atoms with E-state index < -0.39 is 10.0 Å². The molecule has 1 fully saturated rings. The van der Waals surface area contributed by atoms with Crippen molar-refractivity contribution in [3.05, 3.63) is 0 Å². The molecule has 20 heavy (non-hydrogen) atoms. The molecule has 0 atom stereocenters. The summed E-state index contributed by atoms with van der Waals surface area (Å²) >= 11 is 0. The van der Waals surface area contributed by atoms with Gasteiger partial charge in [0.15, 0.2) is 0 Å². The Kier molecular flexibility index (Phi) is 7.47. The van der Waals surface area contributed by atoms with Crippen molar-refractivity contribution in [2.24, 2.45) is 5.92 Å². The average molecular weight is 306 g/mol. The summed E-state index contributed by atoms with van der Waals surface area (Å²) in [6, 6.07) is 0. The van der Waals surface area contributed by atoms with Gasteiger partial charge >= 0.3 is 5.97 Å². The minimum atomic E-state index is -3.22. The Bertz CT molecular complexity index is 389. The first-order valence-electron chi connectivity index (χ1n) is 7.19. The van der Waals surface area contributed by atoms with Crippen LogP contribution in [0.2, 0.25) is 0 Å². The van der Waals surface area contributed by atoms with Crippen LogP contribution in [0.25, 0.3) is 0 Å². The van der Waals surface area contributed by atoms with Gasteiger partial charge in [-0.2, -0.15) is 0 Å². The number of methoxy groups -OCH3 is 1. The van der Waals surface area contributed by atoms with E-state index in [0.717, 1.165) is 25.8 Å². The number of nitrogens with one attached hydrogen (secondary N) is 1. The van der Waals surface area contributed by atoms with Crippen LogP contribution in [0.3, 0.4) is 0 Å². The molecule has 0 radical (unpaired) electrons. The summed E-state index contributed by atoms with van der Waals surface area (Å²) in [4.78, 5) is 11.0. The van der Waals surface area contributed by atoms with E-state index in [4.69, 9.17) is 0 Å². The highest BCUT2D eigenvalue weighted by molar-refractivity contribution is 7.89. The Morgan fingerprint density at radius 3 is 2.55 bits per heavy atom. The van der Waals surface area contributed by atoms with Crippen LogP contribution in [0.4, 0.5) is 0 Å². The van der Waals surface area contributed by atoms with Crippen molar-refractivity contribution in [2.75, 3.05) is 39.5 Å². The number of hydrogen-bond donors (Lipinski definition) is 1. The highest BCUT2D eigenvalue weighted by atomic mass is 32.2. The first kappa shape index (κ1) is 17.4. The van der Waals surface area contributed by atoms with Gasteiger partial charge in [0.2, 0.25) is 10.0 Å². The molecule has 0 aromatic heterocycles. The highest BCUT2D eigenvalue weighted by Gasteiger charge is 2.27. The largest absolute Gasteiger partial charge is 0.469 e. The highest BCUT2D eigenvalue weighted by Crippen LogP contribution is 2.22. The molecule has 0 aliphatic carbocycles. The van der Waals surface area contributed by atoms with Gasteiger partial charge in [0.25, 0.3) is 0 Å². The summed E-state index contributed by atoms with van der Waals surface area (Å²) in [6.45, 7) is 2.19. The molecule has 0 saturated carbocycles. The van der Waals surface area contributed by atoms with Crippen LogP contribution in [-0.2, 0) is 19.6 Å². The standard InChI is InChI=1S/C13H26N2O4S/c1-14-8-5-12-6-9-15(10-7-12)20(17,18)11-3-4-13(16)19-2/h12,14H,3-11H2,1-2H3. The Labute approximate surface area is 121 Å². The number of piperidine rings is 1. The van der Waals surface area contributed by atoms with Gasteiger partial charge in [-0.25, -0.2) is 12.7 Å². The van der Waals surface area contributed by atoms with Crippen molar-refractivity contribution in [1.82, 2.24) is 9.62 Å². The SMILES string of the molecule is CNCCC1CCN(S(=O)(=O)CCCC(=O)OC)CC1. The van der Waals surface area contributed by atoms with Crippen molar-refractivity contribution < 1.29 is 17.9 Å². The Morgan fingerprint density at radius 2 is 2.00 bits per heavy atom. The molecule has 0 spiro atoms. The van der Waals surface area contributed by atoms with Crippen LogP contribution >= 0.6 is 0 Å². The quantitative estimate of drug-likeness (QED) is 0.664. The first-order chi connectivity index (χ1) is 9.49. The zero-order valence-corrected chi connectivity index (χ0v) is 13.2. The third-order valence-corrected chi connectivity index (χ3v) is 5.74. The molecular weight excluding hydrogens is 280 g/mol. The van der Waals surface area contributed by atoms with Crippen molar-refractivity contribution in [3.8, 4) is 0 Å². The van der Waals surface area contributed by atoms with Gasteiger partial charge in [0.1, 0.15) is 0 Å². The summed E-state index contributed by atoms with van der Waals surface area (Å²) in [7, 11) is 0.0225. The summed E-state index contributed by atoms with van der Waals surface area (Å²) in [5, 5.41) is 3.12. The third kappa shape index (κ3) is 5.76. The lowest BCUT2D eigenvalue weighted by Crippen LogP contribution is -2.40. The molecule has 0 bridgehead atoms. The fourth-order valence-electron chi connectivity index (χ4n) is 2.45. The van der Waals surface area contributed by atoms with Crippen molar-refractivity contribution in [3.63, 3.8) is 0 Å². The molecule has 7 heteroatoms. The number of sulfonamides is 1. The topological polar surface area (TPSA) is 75.7 Å². The van der Waals surface area contributed by atoms with Crippen LogP contribution in [-0.4, -0.2) is 58.2 Å². The smallest absolute Gasteiger partial charge is 0.305 e. The summed E-state index contributed by atoms with van der Waals surface area (Å²) in [6.07, 6.45) is 3.45. The fourth-order valence-corrected chi connectivity index (χ4v) is 3.99. The van der Waals surface area contributed by atoms with Gasteiger partial charge in [-0.1, -0.05) is 0 Å². The van der Waals surface area contributed by atoms with Crippen molar-refractivity contribution >= 4 is 16.0 Å². The van der Waals surface area contributed by atoms with Gasteiger partial charge in [0.05, 0.1) is 12.9 Å². The Morgan fingerprint density at radius 1 is 1.35 bits per heavy atom. The van der Waals surface area contributed by atoms with Crippen LogP contribution < -0.4 is 5.32 Å². The molecule has 1 heterocycles.